The molecule has 8 heteroatoms. The Bertz CT molecular complexity index is 1250. The van der Waals surface area contributed by atoms with Crippen molar-refractivity contribution in [3.8, 4) is 11.5 Å². The molecule has 1 atom stereocenters. The second-order valence-electron chi connectivity index (χ2n) is 8.37. The van der Waals surface area contributed by atoms with Crippen molar-refractivity contribution < 1.29 is 19.1 Å². The number of halogens is 2. The molecule has 0 saturated heterocycles. The van der Waals surface area contributed by atoms with Crippen molar-refractivity contribution in [3.05, 3.63) is 81.8 Å². The molecule has 0 radical (unpaired) electrons. The fraction of sp³-hybridized carbons (Fsp3) is 0.259. The minimum Gasteiger partial charge on any atom is -0.492 e. The van der Waals surface area contributed by atoms with Crippen LogP contribution in [0.4, 0.5) is 11.4 Å². The molecule has 1 unspecified atom stereocenters. The van der Waals surface area contributed by atoms with Gasteiger partial charge in [-0.3, -0.25) is 9.59 Å². The largest absolute Gasteiger partial charge is 0.492 e. The molecule has 0 fully saturated rings. The molecule has 3 aromatic carbocycles. The van der Waals surface area contributed by atoms with Gasteiger partial charge in [0.15, 0.2) is 6.10 Å². The van der Waals surface area contributed by atoms with Gasteiger partial charge in [0.05, 0.1) is 23.9 Å². The fourth-order valence-corrected chi connectivity index (χ4v) is 4.30. The summed E-state index contributed by atoms with van der Waals surface area (Å²) in [5, 5.41) is 3.86. The Morgan fingerprint density at radius 3 is 2.69 bits per heavy atom. The minimum atomic E-state index is -0.582. The Labute approximate surface area is 214 Å². The number of rotatable bonds is 8. The molecule has 0 bridgehead atoms. The summed E-state index contributed by atoms with van der Waals surface area (Å²) in [7, 11) is 0. The molecule has 35 heavy (non-hydrogen) atoms. The van der Waals surface area contributed by atoms with Crippen LogP contribution >= 0.6 is 23.2 Å². The van der Waals surface area contributed by atoms with E-state index in [9.17, 15) is 9.59 Å². The summed E-state index contributed by atoms with van der Waals surface area (Å²) in [6.45, 7) is 4.52. The number of carbonyl (C=O) groups is 2. The molecule has 0 aromatic heterocycles. The smallest absolute Gasteiger partial charge is 0.268 e. The highest BCUT2D eigenvalue weighted by atomic mass is 35.5. The number of hydrogen-bond donors (Lipinski definition) is 1. The van der Waals surface area contributed by atoms with E-state index >= 15 is 0 Å². The van der Waals surface area contributed by atoms with Crippen molar-refractivity contribution in [1.82, 2.24) is 0 Å². The van der Waals surface area contributed by atoms with E-state index in [1.807, 2.05) is 31.2 Å². The van der Waals surface area contributed by atoms with Gasteiger partial charge in [0, 0.05) is 17.1 Å². The summed E-state index contributed by atoms with van der Waals surface area (Å²) in [6.07, 6.45) is 0.191. The van der Waals surface area contributed by atoms with Crippen molar-refractivity contribution in [2.75, 3.05) is 16.8 Å². The highest BCUT2D eigenvalue weighted by Gasteiger charge is 2.32. The normalized spacial score (nSPS) is 14.8. The second kappa shape index (κ2) is 11.0. The summed E-state index contributed by atoms with van der Waals surface area (Å²) in [4.78, 5) is 27.2. The van der Waals surface area contributed by atoms with E-state index < -0.39 is 6.10 Å². The van der Waals surface area contributed by atoms with Gasteiger partial charge in [-0.25, -0.2) is 0 Å². The number of nitrogens with one attached hydrogen (secondary N) is 1. The monoisotopic (exact) mass is 512 g/mol. The maximum atomic E-state index is 13.0. The Kier molecular flexibility index (Phi) is 7.83. The number of carbonyl (C=O) groups excluding carboxylic acids is 2. The van der Waals surface area contributed by atoms with E-state index in [4.69, 9.17) is 32.7 Å². The lowest BCUT2D eigenvalue weighted by Crippen LogP contribution is -2.44. The average Bonchev–Trinajstić information content (AvgIpc) is 2.82. The molecule has 1 heterocycles. The van der Waals surface area contributed by atoms with Crippen LogP contribution < -0.4 is 19.7 Å². The summed E-state index contributed by atoms with van der Waals surface area (Å²) >= 11 is 12.0. The first kappa shape index (κ1) is 24.9. The zero-order valence-electron chi connectivity index (χ0n) is 19.5. The van der Waals surface area contributed by atoms with E-state index in [2.05, 4.69) is 5.32 Å². The van der Waals surface area contributed by atoms with Crippen LogP contribution in [0.2, 0.25) is 10.0 Å². The standard InChI is InChI=1S/C27H26Cl2N2O4/c1-17-6-3-4-7-19(17)16-31-23-15-21(10-12-25(23)35-18(2)27(31)33)30-26(32)8-5-13-34-24-11-9-20(28)14-22(24)29/h3-4,6-7,9-12,14-15,18H,5,8,13,16H2,1-2H3,(H,30,32). The molecular weight excluding hydrogens is 487 g/mol. The van der Waals surface area contributed by atoms with Crippen LogP contribution in [0.15, 0.2) is 60.7 Å². The predicted octanol–water partition coefficient (Wildman–Crippen LogP) is 6.41. The van der Waals surface area contributed by atoms with Gasteiger partial charge in [-0.05, 0) is 67.8 Å². The van der Waals surface area contributed by atoms with Gasteiger partial charge >= 0.3 is 0 Å². The third-order valence-corrected chi connectivity index (χ3v) is 6.27. The maximum Gasteiger partial charge on any atom is 0.268 e. The summed E-state index contributed by atoms with van der Waals surface area (Å²) in [5.41, 5.74) is 3.38. The van der Waals surface area contributed by atoms with Crippen LogP contribution in [-0.4, -0.2) is 24.5 Å². The lowest BCUT2D eigenvalue weighted by atomic mass is 10.1. The van der Waals surface area contributed by atoms with Crippen LogP contribution in [0.5, 0.6) is 11.5 Å². The summed E-state index contributed by atoms with van der Waals surface area (Å²) in [6, 6.07) is 18.3. The van der Waals surface area contributed by atoms with Crippen molar-refractivity contribution in [2.24, 2.45) is 0 Å². The maximum absolute atomic E-state index is 13.0. The number of benzene rings is 3. The van der Waals surface area contributed by atoms with Crippen LogP contribution in [0.25, 0.3) is 0 Å². The lowest BCUT2D eigenvalue weighted by molar-refractivity contribution is -0.125. The minimum absolute atomic E-state index is 0.123. The summed E-state index contributed by atoms with van der Waals surface area (Å²) in [5.74, 6) is 0.857. The number of anilines is 2. The van der Waals surface area contributed by atoms with Crippen LogP contribution in [-0.2, 0) is 16.1 Å². The van der Waals surface area contributed by atoms with Gasteiger partial charge in [0.25, 0.3) is 5.91 Å². The molecule has 0 spiro atoms. The SMILES string of the molecule is Cc1ccccc1CN1C(=O)C(C)Oc2ccc(NC(=O)CCCOc3ccc(Cl)cc3Cl)cc21. The van der Waals surface area contributed by atoms with E-state index in [1.54, 1.807) is 48.2 Å². The molecule has 2 amide bonds. The average molecular weight is 513 g/mol. The molecule has 0 aliphatic carbocycles. The first-order valence-corrected chi connectivity index (χ1v) is 12.1. The molecule has 182 valence electrons. The fourth-order valence-electron chi connectivity index (χ4n) is 3.84. The molecule has 1 aliphatic rings. The van der Waals surface area contributed by atoms with Crippen molar-refractivity contribution >= 4 is 46.4 Å². The highest BCUT2D eigenvalue weighted by molar-refractivity contribution is 6.35. The third kappa shape index (κ3) is 6.08. The Morgan fingerprint density at radius 1 is 1.11 bits per heavy atom. The zero-order chi connectivity index (χ0) is 24.9. The van der Waals surface area contributed by atoms with E-state index in [1.165, 1.54) is 0 Å². The topological polar surface area (TPSA) is 67.9 Å². The lowest BCUT2D eigenvalue weighted by Gasteiger charge is -2.33. The molecular formula is C27H26Cl2N2O4. The quantitative estimate of drug-likeness (QED) is 0.354. The first-order chi connectivity index (χ1) is 16.8. The van der Waals surface area contributed by atoms with Gasteiger partial charge in [0.1, 0.15) is 11.5 Å². The molecule has 4 rings (SSSR count). The van der Waals surface area contributed by atoms with Crippen molar-refractivity contribution in [3.63, 3.8) is 0 Å². The van der Waals surface area contributed by atoms with Gasteiger partial charge in [-0.1, -0.05) is 47.5 Å². The van der Waals surface area contributed by atoms with Crippen LogP contribution in [0, 0.1) is 6.92 Å². The Balaban J connectivity index is 1.39. The number of aryl methyl sites for hydroxylation is 1. The van der Waals surface area contributed by atoms with Crippen molar-refractivity contribution in [2.45, 2.75) is 39.3 Å². The number of amides is 2. The summed E-state index contributed by atoms with van der Waals surface area (Å²) < 4.78 is 11.4. The van der Waals surface area contributed by atoms with Gasteiger partial charge in [-0.2, -0.15) is 0 Å². The Morgan fingerprint density at radius 2 is 1.91 bits per heavy atom. The molecule has 1 N–H and O–H groups in total. The molecule has 6 nitrogen and oxygen atoms in total. The number of fused-ring (bicyclic) bond motifs is 1. The molecule has 3 aromatic rings. The number of hydrogen-bond acceptors (Lipinski definition) is 4. The third-order valence-electron chi connectivity index (χ3n) is 5.74. The van der Waals surface area contributed by atoms with E-state index in [0.717, 1.165) is 11.1 Å². The molecule has 1 aliphatic heterocycles. The van der Waals surface area contributed by atoms with Crippen LogP contribution in [0.1, 0.15) is 30.9 Å². The van der Waals surface area contributed by atoms with Crippen molar-refractivity contribution in [1.29, 1.82) is 0 Å². The van der Waals surface area contributed by atoms with Crippen LogP contribution in [0.3, 0.4) is 0 Å². The predicted molar refractivity (Wildman–Crippen MR) is 139 cm³/mol. The molecule has 0 saturated carbocycles. The van der Waals surface area contributed by atoms with E-state index in [-0.39, 0.29) is 18.2 Å². The zero-order valence-corrected chi connectivity index (χ0v) is 21.0. The van der Waals surface area contributed by atoms with E-state index in [0.29, 0.717) is 52.5 Å². The van der Waals surface area contributed by atoms with Gasteiger partial charge in [0.2, 0.25) is 5.91 Å². The Hall–Kier alpha value is -3.22. The highest BCUT2D eigenvalue weighted by Crippen LogP contribution is 2.37. The second-order valence-corrected chi connectivity index (χ2v) is 9.21. The van der Waals surface area contributed by atoms with Gasteiger partial charge < -0.3 is 19.7 Å². The number of nitrogens with zero attached hydrogens (tertiary/aromatic N) is 1. The number of ether oxygens (including phenoxy) is 2. The van der Waals surface area contributed by atoms with Gasteiger partial charge in [-0.15, -0.1) is 0 Å². The first-order valence-electron chi connectivity index (χ1n) is 11.4.